The molecule has 5 heteroatoms. The van der Waals surface area contributed by atoms with Crippen LogP contribution in [0.1, 0.15) is 16.7 Å². The molecule has 0 aliphatic rings. The summed E-state index contributed by atoms with van der Waals surface area (Å²) in [7, 11) is 0. The number of benzene rings is 2. The van der Waals surface area contributed by atoms with Crippen LogP contribution in [0.15, 0.2) is 42.5 Å². The maximum atomic E-state index is 12.6. The van der Waals surface area contributed by atoms with E-state index in [9.17, 15) is 18.3 Å². The van der Waals surface area contributed by atoms with Crippen LogP contribution in [0.3, 0.4) is 0 Å². The molecule has 0 heterocycles. The van der Waals surface area contributed by atoms with E-state index < -0.39 is 11.7 Å². The minimum absolute atomic E-state index is 0.144. The van der Waals surface area contributed by atoms with E-state index in [-0.39, 0.29) is 18.1 Å². The van der Waals surface area contributed by atoms with E-state index in [1.807, 2.05) is 0 Å². The standard InChI is InChI=1S/C15H13F3O2/c1-10-7-13(19)6-5-11(10)9-20-14-4-2-3-12(8-14)15(16,17)18/h2-8,19H,9H2,1H3. The first kappa shape index (κ1) is 14.2. The second kappa shape index (κ2) is 5.45. The molecule has 2 aromatic rings. The van der Waals surface area contributed by atoms with Crippen LogP contribution < -0.4 is 4.74 Å². The van der Waals surface area contributed by atoms with E-state index in [1.165, 1.54) is 18.2 Å². The number of hydrogen-bond donors (Lipinski definition) is 1. The number of aryl methyl sites for hydroxylation is 1. The average Bonchev–Trinajstić information content (AvgIpc) is 2.37. The Labute approximate surface area is 114 Å². The monoisotopic (exact) mass is 282 g/mol. The maximum Gasteiger partial charge on any atom is 0.416 e. The minimum Gasteiger partial charge on any atom is -0.508 e. The quantitative estimate of drug-likeness (QED) is 0.909. The molecule has 0 spiro atoms. The highest BCUT2D eigenvalue weighted by Crippen LogP contribution is 2.31. The van der Waals surface area contributed by atoms with Gasteiger partial charge in [-0.05, 0) is 48.4 Å². The van der Waals surface area contributed by atoms with E-state index in [2.05, 4.69) is 0 Å². The minimum atomic E-state index is -4.38. The van der Waals surface area contributed by atoms with Crippen molar-refractivity contribution in [3.05, 3.63) is 59.2 Å². The Morgan fingerprint density at radius 3 is 2.50 bits per heavy atom. The summed E-state index contributed by atoms with van der Waals surface area (Å²) in [6, 6.07) is 9.52. The number of rotatable bonds is 3. The van der Waals surface area contributed by atoms with Gasteiger partial charge in [0.05, 0.1) is 5.56 Å². The van der Waals surface area contributed by atoms with Crippen LogP contribution in [0.25, 0.3) is 0 Å². The lowest BCUT2D eigenvalue weighted by atomic mass is 10.1. The van der Waals surface area contributed by atoms with Crippen LogP contribution in [-0.4, -0.2) is 5.11 Å². The number of hydrogen-bond acceptors (Lipinski definition) is 2. The van der Waals surface area contributed by atoms with Crippen molar-refractivity contribution in [2.45, 2.75) is 19.7 Å². The SMILES string of the molecule is Cc1cc(O)ccc1COc1cccc(C(F)(F)F)c1. The van der Waals surface area contributed by atoms with Gasteiger partial charge in [-0.15, -0.1) is 0 Å². The average molecular weight is 282 g/mol. The van der Waals surface area contributed by atoms with Crippen LogP contribution in [-0.2, 0) is 12.8 Å². The Kier molecular flexibility index (Phi) is 3.88. The first-order chi connectivity index (χ1) is 9.36. The summed E-state index contributed by atoms with van der Waals surface area (Å²) in [5.74, 6) is 0.303. The first-order valence-electron chi connectivity index (χ1n) is 5.95. The van der Waals surface area contributed by atoms with Gasteiger partial charge in [-0.2, -0.15) is 13.2 Å². The number of phenols is 1. The van der Waals surface area contributed by atoms with Gasteiger partial charge in [0.15, 0.2) is 0 Å². The lowest BCUT2D eigenvalue weighted by Crippen LogP contribution is -2.05. The summed E-state index contributed by atoms with van der Waals surface area (Å²) < 4.78 is 43.0. The van der Waals surface area contributed by atoms with Gasteiger partial charge in [-0.3, -0.25) is 0 Å². The third-order valence-corrected chi connectivity index (χ3v) is 2.88. The lowest BCUT2D eigenvalue weighted by molar-refractivity contribution is -0.137. The van der Waals surface area contributed by atoms with Crippen molar-refractivity contribution in [2.24, 2.45) is 0 Å². The normalized spacial score (nSPS) is 11.4. The Balaban J connectivity index is 2.11. The molecule has 0 aliphatic carbocycles. The van der Waals surface area contributed by atoms with Crippen LogP contribution in [0.2, 0.25) is 0 Å². The summed E-state index contributed by atoms with van der Waals surface area (Å²) in [6.45, 7) is 1.94. The first-order valence-corrected chi connectivity index (χ1v) is 5.95. The highest BCUT2D eigenvalue weighted by Gasteiger charge is 2.30. The van der Waals surface area contributed by atoms with Gasteiger partial charge in [-0.25, -0.2) is 0 Å². The van der Waals surface area contributed by atoms with Gasteiger partial charge in [0.25, 0.3) is 0 Å². The summed E-state index contributed by atoms with van der Waals surface area (Å²) in [5, 5.41) is 9.28. The fourth-order valence-electron chi connectivity index (χ4n) is 1.77. The van der Waals surface area contributed by atoms with Crippen LogP contribution in [0.4, 0.5) is 13.2 Å². The Hall–Kier alpha value is -2.17. The van der Waals surface area contributed by atoms with Crippen molar-refractivity contribution in [1.29, 1.82) is 0 Å². The van der Waals surface area contributed by atoms with Gasteiger partial charge in [-0.1, -0.05) is 12.1 Å². The van der Waals surface area contributed by atoms with Gasteiger partial charge >= 0.3 is 6.18 Å². The number of halogens is 3. The Morgan fingerprint density at radius 2 is 1.85 bits per heavy atom. The van der Waals surface area contributed by atoms with Crippen LogP contribution >= 0.6 is 0 Å². The molecule has 0 aliphatic heterocycles. The summed E-state index contributed by atoms with van der Waals surface area (Å²) >= 11 is 0. The fraction of sp³-hybridized carbons (Fsp3) is 0.200. The molecule has 0 saturated carbocycles. The fourth-order valence-corrected chi connectivity index (χ4v) is 1.77. The van der Waals surface area contributed by atoms with E-state index >= 15 is 0 Å². The number of alkyl halides is 3. The largest absolute Gasteiger partial charge is 0.508 e. The molecular formula is C15H13F3O2. The number of phenolic OH excluding ortho intramolecular Hbond substituents is 1. The topological polar surface area (TPSA) is 29.5 Å². The molecule has 20 heavy (non-hydrogen) atoms. The number of aromatic hydroxyl groups is 1. The molecule has 0 aromatic heterocycles. The van der Waals surface area contributed by atoms with Crippen molar-refractivity contribution in [3.63, 3.8) is 0 Å². The lowest BCUT2D eigenvalue weighted by Gasteiger charge is -2.11. The van der Waals surface area contributed by atoms with Gasteiger partial charge < -0.3 is 9.84 Å². The molecule has 2 rings (SSSR count). The molecule has 0 atom stereocenters. The second-order valence-electron chi connectivity index (χ2n) is 4.43. The van der Waals surface area contributed by atoms with Crippen LogP contribution in [0.5, 0.6) is 11.5 Å². The molecule has 1 N–H and O–H groups in total. The third kappa shape index (κ3) is 3.44. The second-order valence-corrected chi connectivity index (χ2v) is 4.43. The maximum absolute atomic E-state index is 12.6. The Bertz CT molecular complexity index is 606. The third-order valence-electron chi connectivity index (χ3n) is 2.88. The molecule has 0 bridgehead atoms. The van der Waals surface area contributed by atoms with Crippen molar-refractivity contribution in [2.75, 3.05) is 0 Å². The molecule has 0 amide bonds. The molecule has 0 fully saturated rings. The van der Waals surface area contributed by atoms with E-state index in [0.717, 1.165) is 23.3 Å². The van der Waals surface area contributed by atoms with Gasteiger partial charge in [0, 0.05) is 0 Å². The van der Waals surface area contributed by atoms with E-state index in [4.69, 9.17) is 4.74 Å². The zero-order chi connectivity index (χ0) is 14.8. The molecule has 2 nitrogen and oxygen atoms in total. The zero-order valence-electron chi connectivity index (χ0n) is 10.7. The highest BCUT2D eigenvalue weighted by atomic mass is 19.4. The van der Waals surface area contributed by atoms with Gasteiger partial charge in [0.1, 0.15) is 18.1 Å². The Morgan fingerprint density at radius 1 is 1.10 bits per heavy atom. The molecule has 106 valence electrons. The number of ether oxygens (including phenoxy) is 1. The predicted molar refractivity (Wildman–Crippen MR) is 68.6 cm³/mol. The highest BCUT2D eigenvalue weighted by molar-refractivity contribution is 5.34. The van der Waals surface area contributed by atoms with E-state index in [1.54, 1.807) is 19.1 Å². The predicted octanol–water partition coefficient (Wildman–Crippen LogP) is 4.30. The molecular weight excluding hydrogens is 269 g/mol. The molecule has 0 saturated heterocycles. The summed E-state index contributed by atoms with van der Waals surface area (Å²) in [6.07, 6.45) is -4.38. The summed E-state index contributed by atoms with van der Waals surface area (Å²) in [4.78, 5) is 0. The molecule has 2 aromatic carbocycles. The van der Waals surface area contributed by atoms with Crippen LogP contribution in [0, 0.1) is 6.92 Å². The van der Waals surface area contributed by atoms with Gasteiger partial charge in [0.2, 0.25) is 0 Å². The van der Waals surface area contributed by atoms with Crippen molar-refractivity contribution in [3.8, 4) is 11.5 Å². The van der Waals surface area contributed by atoms with Crippen molar-refractivity contribution in [1.82, 2.24) is 0 Å². The van der Waals surface area contributed by atoms with E-state index in [0.29, 0.717) is 0 Å². The molecule has 0 radical (unpaired) electrons. The van der Waals surface area contributed by atoms with Crippen molar-refractivity contribution >= 4 is 0 Å². The smallest absolute Gasteiger partial charge is 0.416 e. The zero-order valence-corrected chi connectivity index (χ0v) is 10.7. The summed E-state index contributed by atoms with van der Waals surface area (Å²) in [5.41, 5.74) is 0.884. The molecule has 0 unspecified atom stereocenters. The van der Waals surface area contributed by atoms with Crippen molar-refractivity contribution < 1.29 is 23.0 Å².